The lowest BCUT2D eigenvalue weighted by Gasteiger charge is -2.19. The summed E-state index contributed by atoms with van der Waals surface area (Å²) in [6, 6.07) is 5.71. The smallest absolute Gasteiger partial charge is 0.291 e. The van der Waals surface area contributed by atoms with Gasteiger partial charge in [0.15, 0.2) is 0 Å². The maximum Gasteiger partial charge on any atom is 0.291 e. The molecule has 1 heterocycles. The molecule has 1 aromatic carbocycles. The number of nitrogen functional groups attached to an aromatic ring is 1. The van der Waals surface area contributed by atoms with Crippen LogP contribution in [-0.2, 0) is 22.9 Å². The van der Waals surface area contributed by atoms with Crippen LogP contribution in [0.1, 0.15) is 24.0 Å². The zero-order valence-electron chi connectivity index (χ0n) is 10.7. The zero-order valence-corrected chi connectivity index (χ0v) is 12.3. The normalized spacial score (nSPS) is 14.8. The summed E-state index contributed by atoms with van der Waals surface area (Å²) in [7, 11) is -3.71. The molecule has 0 unspecified atom stereocenters. The van der Waals surface area contributed by atoms with Crippen LogP contribution in [-0.4, -0.2) is 18.6 Å². The van der Waals surface area contributed by atoms with Crippen molar-refractivity contribution in [1.82, 2.24) is 10.2 Å². The Bertz CT molecular complexity index is 740. The van der Waals surface area contributed by atoms with Crippen LogP contribution in [0.3, 0.4) is 0 Å². The van der Waals surface area contributed by atoms with E-state index < -0.39 is 10.0 Å². The van der Waals surface area contributed by atoms with Gasteiger partial charge in [-0.05, 0) is 42.9 Å². The number of nitrogens with zero attached hydrogens (tertiary/aromatic N) is 2. The molecule has 1 aliphatic carbocycles. The van der Waals surface area contributed by atoms with Gasteiger partial charge in [-0.2, -0.15) is 8.42 Å². The highest BCUT2D eigenvalue weighted by molar-refractivity contribution is 7.94. The Kier molecular flexibility index (Phi) is 3.35. The first-order valence-corrected chi connectivity index (χ1v) is 8.59. The van der Waals surface area contributed by atoms with Gasteiger partial charge >= 0.3 is 0 Å². The third kappa shape index (κ3) is 2.48. The minimum atomic E-state index is -3.71. The van der Waals surface area contributed by atoms with E-state index in [1.54, 1.807) is 6.07 Å². The standard InChI is InChI=1S/C12H14N4O2S2/c13-11-14-15-12(19-11)20(17,18)16-10-7-3-5-8-4-1-2-6-9(8)10/h3,5,7,16H,1-2,4,6H2,(H2,13,14). The van der Waals surface area contributed by atoms with Crippen molar-refractivity contribution in [2.24, 2.45) is 0 Å². The largest absolute Gasteiger partial charge is 0.374 e. The average molecular weight is 310 g/mol. The Morgan fingerprint density at radius 1 is 1.20 bits per heavy atom. The van der Waals surface area contributed by atoms with E-state index >= 15 is 0 Å². The van der Waals surface area contributed by atoms with Crippen molar-refractivity contribution >= 4 is 32.2 Å². The van der Waals surface area contributed by atoms with Crippen molar-refractivity contribution in [3.63, 3.8) is 0 Å². The fourth-order valence-corrected chi connectivity index (χ4v) is 4.27. The molecule has 3 rings (SSSR count). The molecule has 0 aliphatic heterocycles. The maximum atomic E-state index is 12.2. The molecule has 0 saturated heterocycles. The number of fused-ring (bicyclic) bond motifs is 1. The molecule has 3 N–H and O–H groups in total. The van der Waals surface area contributed by atoms with Gasteiger partial charge in [0.25, 0.3) is 14.4 Å². The minimum Gasteiger partial charge on any atom is -0.374 e. The predicted molar refractivity (Wildman–Crippen MR) is 78.2 cm³/mol. The van der Waals surface area contributed by atoms with Crippen LogP contribution in [0.4, 0.5) is 10.8 Å². The number of anilines is 2. The van der Waals surface area contributed by atoms with E-state index in [-0.39, 0.29) is 9.47 Å². The van der Waals surface area contributed by atoms with Crippen LogP contribution in [0.5, 0.6) is 0 Å². The van der Waals surface area contributed by atoms with E-state index in [1.807, 2.05) is 6.07 Å². The number of sulfonamides is 1. The Labute approximate surface area is 121 Å². The molecule has 0 spiro atoms. The van der Waals surface area contributed by atoms with Crippen LogP contribution in [0.25, 0.3) is 0 Å². The van der Waals surface area contributed by atoms with Gasteiger partial charge in [-0.3, -0.25) is 4.72 Å². The summed E-state index contributed by atoms with van der Waals surface area (Å²) in [5, 5.41) is 7.27. The molecule has 0 radical (unpaired) electrons. The van der Waals surface area contributed by atoms with Crippen molar-refractivity contribution in [2.75, 3.05) is 10.5 Å². The lowest BCUT2D eigenvalue weighted by atomic mass is 9.91. The fraction of sp³-hybridized carbons (Fsp3) is 0.333. The molecule has 0 amide bonds. The zero-order chi connectivity index (χ0) is 14.2. The van der Waals surface area contributed by atoms with Gasteiger partial charge in [0.1, 0.15) is 0 Å². The predicted octanol–water partition coefficient (Wildman–Crippen LogP) is 1.80. The van der Waals surface area contributed by atoms with E-state index in [1.165, 1.54) is 5.56 Å². The molecule has 0 fully saturated rings. The Balaban J connectivity index is 1.95. The van der Waals surface area contributed by atoms with Crippen molar-refractivity contribution in [2.45, 2.75) is 30.0 Å². The molecule has 20 heavy (non-hydrogen) atoms. The van der Waals surface area contributed by atoms with Gasteiger partial charge < -0.3 is 5.73 Å². The number of hydrogen-bond acceptors (Lipinski definition) is 6. The molecule has 8 heteroatoms. The van der Waals surface area contributed by atoms with Crippen LogP contribution >= 0.6 is 11.3 Å². The quantitative estimate of drug-likeness (QED) is 0.900. The molecular weight excluding hydrogens is 296 g/mol. The van der Waals surface area contributed by atoms with E-state index in [0.29, 0.717) is 5.69 Å². The molecule has 1 aromatic heterocycles. The first kappa shape index (κ1) is 13.3. The van der Waals surface area contributed by atoms with Gasteiger partial charge in [-0.15, -0.1) is 10.2 Å². The van der Waals surface area contributed by atoms with Crippen LogP contribution in [0.2, 0.25) is 0 Å². The third-order valence-corrected chi connectivity index (χ3v) is 5.78. The van der Waals surface area contributed by atoms with Crippen LogP contribution in [0.15, 0.2) is 22.5 Å². The molecule has 0 atom stereocenters. The van der Waals surface area contributed by atoms with Gasteiger partial charge in [-0.25, -0.2) is 0 Å². The number of aryl methyl sites for hydroxylation is 1. The maximum absolute atomic E-state index is 12.2. The van der Waals surface area contributed by atoms with Gasteiger partial charge in [0.05, 0.1) is 5.69 Å². The number of nitrogens with one attached hydrogen (secondary N) is 1. The van der Waals surface area contributed by atoms with E-state index in [9.17, 15) is 8.42 Å². The highest BCUT2D eigenvalue weighted by Crippen LogP contribution is 2.30. The fourth-order valence-electron chi connectivity index (χ4n) is 2.39. The summed E-state index contributed by atoms with van der Waals surface area (Å²) in [6.45, 7) is 0. The summed E-state index contributed by atoms with van der Waals surface area (Å²) in [4.78, 5) is 0. The number of rotatable bonds is 3. The second-order valence-corrected chi connectivity index (χ2v) is 7.53. The summed E-state index contributed by atoms with van der Waals surface area (Å²) >= 11 is 0.856. The summed E-state index contributed by atoms with van der Waals surface area (Å²) in [5.41, 5.74) is 8.37. The first-order valence-electron chi connectivity index (χ1n) is 6.29. The van der Waals surface area contributed by atoms with Gasteiger partial charge in [0, 0.05) is 0 Å². The third-order valence-electron chi connectivity index (χ3n) is 3.29. The topological polar surface area (TPSA) is 98.0 Å². The average Bonchev–Trinajstić information content (AvgIpc) is 2.86. The number of aromatic nitrogens is 2. The highest BCUT2D eigenvalue weighted by Gasteiger charge is 2.22. The Morgan fingerprint density at radius 2 is 2.00 bits per heavy atom. The molecular formula is C12H14N4O2S2. The van der Waals surface area contributed by atoms with E-state index in [0.717, 1.165) is 42.6 Å². The SMILES string of the molecule is Nc1nnc(S(=O)(=O)Nc2cccc3c2CCCC3)s1. The molecule has 0 bridgehead atoms. The van der Waals surface area contributed by atoms with E-state index in [2.05, 4.69) is 21.0 Å². The number of hydrogen-bond donors (Lipinski definition) is 2. The van der Waals surface area contributed by atoms with Gasteiger partial charge in [0.2, 0.25) is 5.13 Å². The van der Waals surface area contributed by atoms with E-state index in [4.69, 9.17) is 5.73 Å². The molecule has 0 saturated carbocycles. The van der Waals surface area contributed by atoms with Crippen LogP contribution < -0.4 is 10.5 Å². The lowest BCUT2D eigenvalue weighted by Crippen LogP contribution is -2.16. The summed E-state index contributed by atoms with van der Waals surface area (Å²) in [6.07, 6.45) is 4.12. The Morgan fingerprint density at radius 3 is 2.75 bits per heavy atom. The molecule has 6 nitrogen and oxygen atoms in total. The minimum absolute atomic E-state index is 0.108. The van der Waals surface area contributed by atoms with Crippen molar-refractivity contribution in [3.05, 3.63) is 29.3 Å². The lowest BCUT2D eigenvalue weighted by molar-refractivity contribution is 0.599. The highest BCUT2D eigenvalue weighted by atomic mass is 32.2. The molecule has 1 aliphatic rings. The molecule has 106 valence electrons. The number of nitrogens with two attached hydrogens (primary N) is 1. The second kappa shape index (κ2) is 5.02. The van der Waals surface area contributed by atoms with Gasteiger partial charge in [-0.1, -0.05) is 23.5 Å². The first-order chi connectivity index (χ1) is 9.56. The molecule has 2 aromatic rings. The monoisotopic (exact) mass is 310 g/mol. The van der Waals surface area contributed by atoms with Crippen LogP contribution in [0, 0.1) is 0 Å². The van der Waals surface area contributed by atoms with Crippen molar-refractivity contribution in [3.8, 4) is 0 Å². The second-order valence-electron chi connectivity index (χ2n) is 4.66. The summed E-state index contributed by atoms with van der Waals surface area (Å²) < 4.78 is 27.0. The van der Waals surface area contributed by atoms with Crippen molar-refractivity contribution in [1.29, 1.82) is 0 Å². The number of benzene rings is 1. The Hall–Kier alpha value is -1.67. The van der Waals surface area contributed by atoms with Crippen molar-refractivity contribution < 1.29 is 8.42 Å². The summed E-state index contributed by atoms with van der Waals surface area (Å²) in [5.74, 6) is 0.